The standard InChI is InChI=1S/C18H18F3NO4S/c1-2-22(12-13-3-8-16-17(11-13)26-10-9-25-16)27(23,24)15-6-4-14(5-7-15)18(19,20)21/h3-8,11H,2,9-10,12H2,1H3. The zero-order chi connectivity index (χ0) is 19.7. The Morgan fingerprint density at radius 3 is 2.22 bits per heavy atom. The highest BCUT2D eigenvalue weighted by atomic mass is 32.2. The van der Waals surface area contributed by atoms with E-state index in [4.69, 9.17) is 9.47 Å². The van der Waals surface area contributed by atoms with Gasteiger partial charge in [0.05, 0.1) is 10.5 Å². The van der Waals surface area contributed by atoms with Crippen LogP contribution in [0.2, 0.25) is 0 Å². The van der Waals surface area contributed by atoms with E-state index in [0.717, 1.165) is 24.3 Å². The number of benzene rings is 2. The van der Waals surface area contributed by atoms with Gasteiger partial charge in [0.2, 0.25) is 10.0 Å². The summed E-state index contributed by atoms with van der Waals surface area (Å²) in [6.07, 6.45) is -4.52. The number of halogens is 3. The molecule has 5 nitrogen and oxygen atoms in total. The minimum absolute atomic E-state index is 0.0660. The van der Waals surface area contributed by atoms with Crippen LogP contribution in [-0.4, -0.2) is 32.5 Å². The van der Waals surface area contributed by atoms with Crippen molar-refractivity contribution in [3.8, 4) is 11.5 Å². The van der Waals surface area contributed by atoms with E-state index in [1.807, 2.05) is 0 Å². The maximum absolute atomic E-state index is 12.8. The molecule has 3 rings (SSSR count). The molecule has 0 unspecified atom stereocenters. The van der Waals surface area contributed by atoms with Crippen molar-refractivity contribution in [3.05, 3.63) is 53.6 Å². The number of nitrogens with zero attached hydrogens (tertiary/aromatic N) is 1. The summed E-state index contributed by atoms with van der Waals surface area (Å²) in [5.41, 5.74) is -0.201. The first-order valence-electron chi connectivity index (χ1n) is 8.28. The van der Waals surface area contributed by atoms with Gasteiger partial charge >= 0.3 is 6.18 Å². The van der Waals surface area contributed by atoms with Gasteiger partial charge in [0.25, 0.3) is 0 Å². The van der Waals surface area contributed by atoms with Crippen LogP contribution < -0.4 is 9.47 Å². The van der Waals surface area contributed by atoms with E-state index in [2.05, 4.69) is 0 Å². The molecule has 0 fully saturated rings. The fraction of sp³-hybridized carbons (Fsp3) is 0.333. The second-order valence-electron chi connectivity index (χ2n) is 5.93. The number of hydrogen-bond acceptors (Lipinski definition) is 4. The van der Waals surface area contributed by atoms with Gasteiger partial charge in [0.15, 0.2) is 11.5 Å². The predicted octanol–water partition coefficient (Wildman–Crippen LogP) is 3.69. The Morgan fingerprint density at radius 2 is 1.63 bits per heavy atom. The molecular formula is C18H18F3NO4S. The summed E-state index contributed by atoms with van der Waals surface area (Å²) >= 11 is 0. The molecule has 1 heterocycles. The molecule has 1 aliphatic heterocycles. The van der Waals surface area contributed by atoms with Crippen LogP contribution in [0.25, 0.3) is 0 Å². The first-order valence-corrected chi connectivity index (χ1v) is 9.72. The normalized spacial score (nSPS) is 14.4. The van der Waals surface area contributed by atoms with Gasteiger partial charge < -0.3 is 9.47 Å². The van der Waals surface area contributed by atoms with Crippen molar-refractivity contribution in [1.29, 1.82) is 0 Å². The molecule has 1 aliphatic rings. The van der Waals surface area contributed by atoms with Crippen LogP contribution in [0, 0.1) is 0 Å². The lowest BCUT2D eigenvalue weighted by Gasteiger charge is -2.23. The molecule has 0 saturated carbocycles. The Balaban J connectivity index is 1.83. The number of sulfonamides is 1. The van der Waals surface area contributed by atoms with E-state index in [9.17, 15) is 21.6 Å². The Kier molecular flexibility index (Phi) is 5.34. The van der Waals surface area contributed by atoms with Gasteiger partial charge in [-0.1, -0.05) is 13.0 Å². The van der Waals surface area contributed by atoms with E-state index in [1.165, 1.54) is 4.31 Å². The Morgan fingerprint density at radius 1 is 1.00 bits per heavy atom. The van der Waals surface area contributed by atoms with Crippen LogP contribution in [-0.2, 0) is 22.7 Å². The second-order valence-corrected chi connectivity index (χ2v) is 7.87. The maximum Gasteiger partial charge on any atom is 0.416 e. The lowest BCUT2D eigenvalue weighted by atomic mass is 10.2. The molecule has 0 atom stereocenters. The quantitative estimate of drug-likeness (QED) is 0.767. The summed E-state index contributed by atoms with van der Waals surface area (Å²) in [7, 11) is -3.94. The van der Waals surface area contributed by atoms with Crippen LogP contribution in [0.3, 0.4) is 0 Å². The average molecular weight is 401 g/mol. The Bertz CT molecular complexity index is 911. The monoisotopic (exact) mass is 401 g/mol. The van der Waals surface area contributed by atoms with Crippen molar-refractivity contribution in [3.63, 3.8) is 0 Å². The molecule has 0 radical (unpaired) electrons. The maximum atomic E-state index is 12.8. The minimum Gasteiger partial charge on any atom is -0.486 e. The van der Waals surface area contributed by atoms with E-state index in [0.29, 0.717) is 30.3 Å². The number of alkyl halides is 3. The van der Waals surface area contributed by atoms with Crippen molar-refractivity contribution in [2.45, 2.75) is 24.5 Å². The molecule has 0 saturated heterocycles. The van der Waals surface area contributed by atoms with Crippen molar-refractivity contribution < 1.29 is 31.1 Å². The molecule has 0 aliphatic carbocycles. The van der Waals surface area contributed by atoms with Crippen LogP contribution in [0.15, 0.2) is 47.4 Å². The highest BCUT2D eigenvalue weighted by Gasteiger charge is 2.31. The van der Waals surface area contributed by atoms with Crippen molar-refractivity contribution in [1.82, 2.24) is 4.31 Å². The molecule has 0 spiro atoms. The van der Waals surface area contributed by atoms with Crippen molar-refractivity contribution >= 4 is 10.0 Å². The Labute approximate surface area is 155 Å². The van der Waals surface area contributed by atoms with Crippen molar-refractivity contribution in [2.24, 2.45) is 0 Å². The summed E-state index contributed by atoms with van der Waals surface area (Å²) in [5, 5.41) is 0. The summed E-state index contributed by atoms with van der Waals surface area (Å²) in [6, 6.07) is 8.64. The molecule has 0 bridgehead atoms. The fourth-order valence-corrected chi connectivity index (χ4v) is 4.16. The molecule has 0 amide bonds. The smallest absolute Gasteiger partial charge is 0.416 e. The van der Waals surface area contributed by atoms with Gasteiger partial charge in [-0.3, -0.25) is 0 Å². The average Bonchev–Trinajstić information content (AvgIpc) is 2.65. The van der Waals surface area contributed by atoms with E-state index in [-0.39, 0.29) is 18.0 Å². The first kappa shape index (κ1) is 19.5. The zero-order valence-corrected chi connectivity index (χ0v) is 15.3. The van der Waals surface area contributed by atoms with Gasteiger partial charge in [-0.2, -0.15) is 17.5 Å². The SMILES string of the molecule is CCN(Cc1ccc2c(c1)OCCO2)S(=O)(=O)c1ccc(C(F)(F)F)cc1. The van der Waals surface area contributed by atoms with Gasteiger partial charge in [0.1, 0.15) is 13.2 Å². The number of hydrogen-bond donors (Lipinski definition) is 0. The van der Waals surface area contributed by atoms with Gasteiger partial charge in [0, 0.05) is 13.1 Å². The molecule has 2 aromatic carbocycles. The van der Waals surface area contributed by atoms with E-state index >= 15 is 0 Å². The first-order chi connectivity index (χ1) is 12.7. The summed E-state index contributed by atoms with van der Waals surface area (Å²) in [6.45, 7) is 2.77. The third-order valence-corrected chi connectivity index (χ3v) is 6.07. The van der Waals surface area contributed by atoms with E-state index < -0.39 is 21.8 Å². The van der Waals surface area contributed by atoms with Crippen molar-refractivity contribution in [2.75, 3.05) is 19.8 Å². The molecule has 0 aromatic heterocycles. The van der Waals surface area contributed by atoms with Crippen LogP contribution >= 0.6 is 0 Å². The molecule has 2 aromatic rings. The highest BCUT2D eigenvalue weighted by molar-refractivity contribution is 7.89. The number of rotatable bonds is 5. The third-order valence-electron chi connectivity index (χ3n) is 4.14. The number of fused-ring (bicyclic) bond motifs is 1. The van der Waals surface area contributed by atoms with Crippen LogP contribution in [0.1, 0.15) is 18.1 Å². The highest BCUT2D eigenvalue weighted by Crippen LogP contribution is 2.32. The van der Waals surface area contributed by atoms with Gasteiger partial charge in [-0.25, -0.2) is 8.42 Å². The van der Waals surface area contributed by atoms with E-state index in [1.54, 1.807) is 25.1 Å². The third kappa shape index (κ3) is 4.19. The zero-order valence-electron chi connectivity index (χ0n) is 14.5. The van der Waals surface area contributed by atoms with Crippen LogP contribution in [0.5, 0.6) is 11.5 Å². The lowest BCUT2D eigenvalue weighted by Crippen LogP contribution is -2.30. The summed E-state index contributed by atoms with van der Waals surface area (Å²) in [5.74, 6) is 1.14. The second kappa shape index (κ2) is 7.40. The molecule has 9 heteroatoms. The predicted molar refractivity (Wildman–Crippen MR) is 92.1 cm³/mol. The lowest BCUT2D eigenvalue weighted by molar-refractivity contribution is -0.137. The van der Waals surface area contributed by atoms with Gasteiger partial charge in [-0.05, 0) is 42.0 Å². The summed E-state index contributed by atoms with van der Waals surface area (Å²) < 4.78 is 75.8. The molecular weight excluding hydrogens is 383 g/mol. The van der Waals surface area contributed by atoms with Crippen LogP contribution in [0.4, 0.5) is 13.2 Å². The fourth-order valence-electron chi connectivity index (χ4n) is 2.72. The molecule has 146 valence electrons. The minimum atomic E-state index is -4.52. The Hall–Kier alpha value is -2.26. The largest absolute Gasteiger partial charge is 0.486 e. The summed E-state index contributed by atoms with van der Waals surface area (Å²) in [4.78, 5) is -0.185. The molecule has 27 heavy (non-hydrogen) atoms. The molecule has 0 N–H and O–H groups in total. The van der Waals surface area contributed by atoms with Gasteiger partial charge in [-0.15, -0.1) is 0 Å². The topological polar surface area (TPSA) is 55.8 Å². The number of ether oxygens (including phenoxy) is 2.